The topological polar surface area (TPSA) is 24.5 Å². The SMILES string of the molecule is COc1cccc([C@@H](CC(F)F)N2CCNCC2)c1. The summed E-state index contributed by atoms with van der Waals surface area (Å²) in [5.41, 5.74) is 0.904. The Morgan fingerprint density at radius 1 is 1.32 bits per heavy atom. The summed E-state index contributed by atoms with van der Waals surface area (Å²) in [4.78, 5) is 2.12. The van der Waals surface area contributed by atoms with Crippen molar-refractivity contribution < 1.29 is 13.5 Å². The second kappa shape index (κ2) is 6.82. The van der Waals surface area contributed by atoms with Gasteiger partial charge < -0.3 is 10.1 Å². The molecular weight excluding hydrogens is 250 g/mol. The summed E-state index contributed by atoms with van der Waals surface area (Å²) in [6, 6.07) is 7.21. The lowest BCUT2D eigenvalue weighted by atomic mass is 10.0. The summed E-state index contributed by atoms with van der Waals surface area (Å²) < 4.78 is 30.8. The molecule has 1 fully saturated rings. The molecule has 0 saturated carbocycles. The maximum absolute atomic E-state index is 12.8. The number of nitrogens with one attached hydrogen (secondary N) is 1. The highest BCUT2D eigenvalue weighted by molar-refractivity contribution is 5.30. The van der Waals surface area contributed by atoms with Crippen LogP contribution in [0, 0.1) is 0 Å². The van der Waals surface area contributed by atoms with Gasteiger partial charge in [0.15, 0.2) is 0 Å². The van der Waals surface area contributed by atoms with E-state index in [1.165, 1.54) is 0 Å². The van der Waals surface area contributed by atoms with Crippen molar-refractivity contribution in [1.82, 2.24) is 10.2 Å². The third-order valence-corrected chi connectivity index (χ3v) is 3.47. The Kier molecular flexibility index (Phi) is 5.10. The van der Waals surface area contributed by atoms with Gasteiger partial charge in [-0.3, -0.25) is 4.90 Å². The summed E-state index contributed by atoms with van der Waals surface area (Å²) in [5, 5.41) is 3.24. The van der Waals surface area contributed by atoms with Crippen LogP contribution < -0.4 is 10.1 Å². The summed E-state index contributed by atoms with van der Waals surface area (Å²) in [6.07, 6.45) is -2.43. The van der Waals surface area contributed by atoms with Crippen LogP contribution in [0.5, 0.6) is 5.75 Å². The smallest absolute Gasteiger partial charge is 0.240 e. The van der Waals surface area contributed by atoms with Crippen molar-refractivity contribution in [3.05, 3.63) is 29.8 Å². The lowest BCUT2D eigenvalue weighted by Gasteiger charge is -2.35. The summed E-state index contributed by atoms with van der Waals surface area (Å²) >= 11 is 0. The van der Waals surface area contributed by atoms with Gasteiger partial charge in [0, 0.05) is 38.6 Å². The van der Waals surface area contributed by atoms with E-state index in [4.69, 9.17) is 4.74 Å². The Hall–Kier alpha value is -1.20. The van der Waals surface area contributed by atoms with Gasteiger partial charge in [0.25, 0.3) is 0 Å². The van der Waals surface area contributed by atoms with Crippen molar-refractivity contribution in [3.63, 3.8) is 0 Å². The number of halogens is 2. The van der Waals surface area contributed by atoms with Gasteiger partial charge in [-0.25, -0.2) is 8.78 Å². The first-order valence-electron chi connectivity index (χ1n) is 6.57. The molecule has 1 saturated heterocycles. The third-order valence-electron chi connectivity index (χ3n) is 3.47. The van der Waals surface area contributed by atoms with E-state index in [-0.39, 0.29) is 12.5 Å². The minimum absolute atomic E-state index is 0.132. The number of alkyl halides is 2. The van der Waals surface area contributed by atoms with Crippen molar-refractivity contribution in [1.29, 1.82) is 0 Å². The van der Waals surface area contributed by atoms with Gasteiger partial charge in [-0.2, -0.15) is 0 Å². The molecule has 1 aliphatic heterocycles. The molecule has 2 rings (SSSR count). The maximum atomic E-state index is 12.8. The minimum atomic E-state index is -2.30. The highest BCUT2D eigenvalue weighted by atomic mass is 19.3. The van der Waals surface area contributed by atoms with Gasteiger partial charge in [-0.1, -0.05) is 12.1 Å². The number of nitrogens with zero attached hydrogens (tertiary/aromatic N) is 1. The first kappa shape index (κ1) is 14.2. The molecule has 0 amide bonds. The largest absolute Gasteiger partial charge is 0.497 e. The van der Waals surface area contributed by atoms with Crippen LogP contribution in [-0.2, 0) is 0 Å². The Morgan fingerprint density at radius 3 is 2.68 bits per heavy atom. The molecule has 106 valence electrons. The molecule has 0 aromatic heterocycles. The fraction of sp³-hybridized carbons (Fsp3) is 0.571. The van der Waals surface area contributed by atoms with Gasteiger partial charge in [0.05, 0.1) is 7.11 Å². The second-order valence-electron chi connectivity index (χ2n) is 4.71. The molecule has 1 aromatic carbocycles. The molecule has 3 nitrogen and oxygen atoms in total. The molecule has 0 spiro atoms. The molecule has 1 aliphatic rings. The monoisotopic (exact) mass is 270 g/mol. The number of methoxy groups -OCH3 is 1. The van der Waals surface area contributed by atoms with Crippen LogP contribution in [0.15, 0.2) is 24.3 Å². The molecule has 0 bridgehead atoms. The highest BCUT2D eigenvalue weighted by Gasteiger charge is 2.25. The number of piperazine rings is 1. The average molecular weight is 270 g/mol. The zero-order valence-corrected chi connectivity index (χ0v) is 11.1. The molecule has 0 aliphatic carbocycles. The van der Waals surface area contributed by atoms with E-state index >= 15 is 0 Å². The highest BCUT2D eigenvalue weighted by Crippen LogP contribution is 2.29. The van der Waals surface area contributed by atoms with Crippen LogP contribution in [0.25, 0.3) is 0 Å². The Morgan fingerprint density at radius 2 is 2.05 bits per heavy atom. The van der Waals surface area contributed by atoms with Gasteiger partial charge in [0.1, 0.15) is 5.75 Å². The summed E-state index contributed by atoms with van der Waals surface area (Å²) in [5.74, 6) is 0.715. The standard InChI is InChI=1S/C14H20F2N2O/c1-19-12-4-2-3-11(9-12)13(10-14(15)16)18-7-5-17-6-8-18/h2-4,9,13-14,17H,5-8,10H2,1H3/t13-/m1/s1. The lowest BCUT2D eigenvalue weighted by molar-refractivity contribution is 0.0738. The first-order chi connectivity index (χ1) is 9.20. The van der Waals surface area contributed by atoms with Crippen LogP contribution in [0.2, 0.25) is 0 Å². The van der Waals surface area contributed by atoms with Crippen LogP contribution in [0.1, 0.15) is 18.0 Å². The second-order valence-corrected chi connectivity index (χ2v) is 4.71. The van der Waals surface area contributed by atoms with E-state index in [2.05, 4.69) is 10.2 Å². The fourth-order valence-corrected chi connectivity index (χ4v) is 2.51. The van der Waals surface area contributed by atoms with E-state index in [1.807, 2.05) is 24.3 Å². The minimum Gasteiger partial charge on any atom is -0.497 e. The number of hydrogen-bond acceptors (Lipinski definition) is 3. The molecule has 1 heterocycles. The first-order valence-corrected chi connectivity index (χ1v) is 6.57. The van der Waals surface area contributed by atoms with E-state index in [9.17, 15) is 8.78 Å². The predicted molar refractivity (Wildman–Crippen MR) is 70.8 cm³/mol. The van der Waals surface area contributed by atoms with Gasteiger partial charge in [-0.15, -0.1) is 0 Å². The third kappa shape index (κ3) is 3.88. The zero-order valence-electron chi connectivity index (χ0n) is 11.1. The predicted octanol–water partition coefficient (Wildman–Crippen LogP) is 2.30. The van der Waals surface area contributed by atoms with E-state index in [0.29, 0.717) is 5.75 Å². The van der Waals surface area contributed by atoms with Crippen LogP contribution >= 0.6 is 0 Å². The van der Waals surface area contributed by atoms with Gasteiger partial charge >= 0.3 is 0 Å². The molecule has 1 atom stereocenters. The van der Waals surface area contributed by atoms with Crippen LogP contribution in [-0.4, -0.2) is 44.6 Å². The lowest BCUT2D eigenvalue weighted by Crippen LogP contribution is -2.45. The van der Waals surface area contributed by atoms with E-state index in [0.717, 1.165) is 31.7 Å². The normalized spacial score (nSPS) is 18.5. The Balaban J connectivity index is 2.19. The zero-order chi connectivity index (χ0) is 13.7. The fourth-order valence-electron chi connectivity index (χ4n) is 2.51. The molecule has 5 heteroatoms. The molecule has 1 N–H and O–H groups in total. The quantitative estimate of drug-likeness (QED) is 0.888. The van der Waals surface area contributed by atoms with Crippen molar-refractivity contribution >= 4 is 0 Å². The van der Waals surface area contributed by atoms with E-state index < -0.39 is 6.43 Å². The van der Waals surface area contributed by atoms with Crippen molar-refractivity contribution in [2.24, 2.45) is 0 Å². The van der Waals surface area contributed by atoms with Crippen molar-refractivity contribution in [2.75, 3.05) is 33.3 Å². The van der Waals surface area contributed by atoms with Crippen LogP contribution in [0.4, 0.5) is 8.78 Å². The maximum Gasteiger partial charge on any atom is 0.240 e. The average Bonchev–Trinajstić information content (AvgIpc) is 2.45. The van der Waals surface area contributed by atoms with Crippen molar-refractivity contribution in [2.45, 2.75) is 18.9 Å². The summed E-state index contributed by atoms with van der Waals surface area (Å²) in [6.45, 7) is 3.30. The number of benzene rings is 1. The van der Waals surface area contributed by atoms with Gasteiger partial charge in [-0.05, 0) is 17.7 Å². The summed E-state index contributed by atoms with van der Waals surface area (Å²) in [7, 11) is 1.59. The molecule has 19 heavy (non-hydrogen) atoms. The number of ether oxygens (including phenoxy) is 1. The number of hydrogen-bond donors (Lipinski definition) is 1. The van der Waals surface area contributed by atoms with E-state index in [1.54, 1.807) is 7.11 Å². The van der Waals surface area contributed by atoms with Gasteiger partial charge in [0.2, 0.25) is 6.43 Å². The Labute approximate surface area is 112 Å². The molecule has 1 aromatic rings. The molecular formula is C14H20F2N2O. The number of rotatable bonds is 5. The van der Waals surface area contributed by atoms with Crippen molar-refractivity contribution in [3.8, 4) is 5.75 Å². The Bertz CT molecular complexity index is 395. The molecule has 0 radical (unpaired) electrons. The molecule has 0 unspecified atom stereocenters. The van der Waals surface area contributed by atoms with Crippen LogP contribution in [0.3, 0.4) is 0 Å².